The normalized spacial score (nSPS) is 12.2. The number of nitrogens with one attached hydrogen (secondary N) is 1. The van der Waals surface area contributed by atoms with Crippen molar-refractivity contribution in [3.8, 4) is 11.5 Å². The van der Waals surface area contributed by atoms with E-state index in [2.05, 4.69) is 4.98 Å². The van der Waals surface area contributed by atoms with Gasteiger partial charge in [-0.2, -0.15) is 0 Å². The average Bonchev–Trinajstić information content (AvgIpc) is 2.45. The zero-order valence-electron chi connectivity index (χ0n) is 12.3. The summed E-state index contributed by atoms with van der Waals surface area (Å²) in [4.78, 5) is 26.1. The van der Waals surface area contributed by atoms with E-state index in [0.29, 0.717) is 22.6 Å². The van der Waals surface area contributed by atoms with Crippen molar-refractivity contribution in [2.24, 2.45) is 0 Å². The van der Waals surface area contributed by atoms with Gasteiger partial charge in [-0.3, -0.25) is 9.59 Å². The van der Waals surface area contributed by atoms with Crippen molar-refractivity contribution in [2.75, 3.05) is 14.2 Å². The number of carbonyl (C=O) groups is 1. The number of aromatic amines is 1. The molecule has 1 aromatic heterocycles. The van der Waals surface area contributed by atoms with Gasteiger partial charge in [-0.15, -0.1) is 0 Å². The maximum absolute atomic E-state index is 12.2. The number of aromatic nitrogens is 1. The van der Waals surface area contributed by atoms with Gasteiger partial charge in [-0.25, -0.2) is 0 Å². The van der Waals surface area contributed by atoms with Crippen molar-refractivity contribution in [3.63, 3.8) is 0 Å². The third-order valence-corrected chi connectivity index (χ3v) is 3.57. The van der Waals surface area contributed by atoms with E-state index in [1.54, 1.807) is 19.1 Å². The summed E-state index contributed by atoms with van der Waals surface area (Å²) in [7, 11) is 3.01. The molecule has 0 bridgehead atoms. The van der Waals surface area contributed by atoms with E-state index >= 15 is 0 Å². The Morgan fingerprint density at radius 1 is 1.19 bits per heavy atom. The Morgan fingerprint density at radius 3 is 2.19 bits per heavy atom. The van der Waals surface area contributed by atoms with Crippen LogP contribution < -0.4 is 15.0 Å². The Labute approximate surface area is 121 Å². The fourth-order valence-electron chi connectivity index (χ4n) is 2.39. The van der Waals surface area contributed by atoms with Crippen molar-refractivity contribution in [1.82, 2.24) is 4.98 Å². The lowest BCUT2D eigenvalue weighted by atomic mass is 9.95. The number of H-pyrrole nitrogens is 1. The van der Waals surface area contributed by atoms with E-state index in [-0.39, 0.29) is 5.56 Å². The van der Waals surface area contributed by atoms with Crippen LogP contribution in [0.3, 0.4) is 0 Å². The number of fused-ring (bicyclic) bond motifs is 1. The van der Waals surface area contributed by atoms with Gasteiger partial charge in [-0.05, 0) is 31.4 Å². The number of aliphatic carboxylic acids is 1. The molecule has 1 aromatic carbocycles. The van der Waals surface area contributed by atoms with Crippen molar-refractivity contribution < 1.29 is 19.4 Å². The Morgan fingerprint density at radius 2 is 1.71 bits per heavy atom. The van der Waals surface area contributed by atoms with E-state index in [0.717, 1.165) is 5.39 Å². The van der Waals surface area contributed by atoms with E-state index < -0.39 is 17.4 Å². The third-order valence-electron chi connectivity index (χ3n) is 3.57. The molecule has 0 radical (unpaired) electrons. The molecule has 0 amide bonds. The summed E-state index contributed by atoms with van der Waals surface area (Å²) in [6.45, 7) is 3.24. The van der Waals surface area contributed by atoms with Crippen molar-refractivity contribution in [2.45, 2.75) is 19.8 Å². The topological polar surface area (TPSA) is 88.6 Å². The van der Waals surface area contributed by atoms with Crippen LogP contribution in [0.1, 0.15) is 24.1 Å². The number of ether oxygens (including phenoxy) is 2. The number of pyridine rings is 1. The molecule has 112 valence electrons. The molecule has 0 saturated heterocycles. The quantitative estimate of drug-likeness (QED) is 0.900. The minimum atomic E-state index is -1.06. The van der Waals surface area contributed by atoms with Crippen LogP contribution in [0.15, 0.2) is 16.9 Å². The highest BCUT2D eigenvalue weighted by Crippen LogP contribution is 2.35. The molecule has 0 aliphatic heterocycles. The molecule has 1 unspecified atom stereocenters. The molecule has 6 heteroatoms. The molecular formula is C15H17NO5. The Balaban J connectivity index is 2.92. The van der Waals surface area contributed by atoms with Crippen LogP contribution in [0.2, 0.25) is 0 Å². The van der Waals surface area contributed by atoms with Gasteiger partial charge < -0.3 is 19.6 Å². The van der Waals surface area contributed by atoms with Gasteiger partial charge in [-0.1, -0.05) is 0 Å². The standard InChI is InChI=1S/C15H17NO5/c1-7(15(18)19)13-10-6-12(21-4)11(20-3)5-9(10)8(2)16-14(13)17/h5-7H,1-4H3,(H,16,17)(H,18,19). The van der Waals surface area contributed by atoms with E-state index in [1.807, 2.05) is 0 Å². The van der Waals surface area contributed by atoms with E-state index in [4.69, 9.17) is 9.47 Å². The zero-order chi connectivity index (χ0) is 15.7. The lowest BCUT2D eigenvalue weighted by Crippen LogP contribution is -2.21. The van der Waals surface area contributed by atoms with Gasteiger partial charge in [0.2, 0.25) is 0 Å². The predicted octanol–water partition coefficient (Wildman–Crippen LogP) is 2.04. The van der Waals surface area contributed by atoms with Gasteiger partial charge in [0.1, 0.15) is 0 Å². The molecule has 2 aromatic rings. The summed E-state index contributed by atoms with van der Waals surface area (Å²) in [5, 5.41) is 10.5. The first kappa shape index (κ1) is 14.9. The highest BCUT2D eigenvalue weighted by atomic mass is 16.5. The second-order valence-corrected chi connectivity index (χ2v) is 4.81. The number of benzene rings is 1. The Bertz CT molecular complexity index is 763. The number of hydrogen-bond acceptors (Lipinski definition) is 4. The average molecular weight is 291 g/mol. The summed E-state index contributed by atoms with van der Waals surface area (Å²) in [6.07, 6.45) is 0. The van der Waals surface area contributed by atoms with Crippen LogP contribution in [-0.4, -0.2) is 30.3 Å². The lowest BCUT2D eigenvalue weighted by molar-refractivity contribution is -0.138. The van der Waals surface area contributed by atoms with E-state index in [9.17, 15) is 14.7 Å². The van der Waals surface area contributed by atoms with Crippen LogP contribution >= 0.6 is 0 Å². The van der Waals surface area contributed by atoms with Crippen LogP contribution in [0.5, 0.6) is 11.5 Å². The zero-order valence-corrected chi connectivity index (χ0v) is 12.3. The molecule has 2 rings (SSSR count). The molecule has 1 heterocycles. The van der Waals surface area contributed by atoms with Gasteiger partial charge >= 0.3 is 5.97 Å². The summed E-state index contributed by atoms with van der Waals surface area (Å²) < 4.78 is 10.5. The fraction of sp³-hybridized carbons (Fsp3) is 0.333. The number of carboxylic acids is 1. The fourth-order valence-corrected chi connectivity index (χ4v) is 2.39. The largest absolute Gasteiger partial charge is 0.493 e. The second kappa shape index (κ2) is 5.47. The van der Waals surface area contributed by atoms with Crippen molar-refractivity contribution in [3.05, 3.63) is 33.7 Å². The maximum atomic E-state index is 12.2. The molecule has 0 aliphatic carbocycles. The predicted molar refractivity (Wildman–Crippen MR) is 78.5 cm³/mol. The summed E-state index contributed by atoms with van der Waals surface area (Å²) >= 11 is 0. The number of carboxylic acid groups (broad SMARTS) is 1. The first-order chi connectivity index (χ1) is 9.90. The number of hydrogen-bond donors (Lipinski definition) is 2. The molecule has 1 atom stereocenters. The van der Waals surface area contributed by atoms with Crippen LogP contribution in [0.25, 0.3) is 10.8 Å². The highest BCUT2D eigenvalue weighted by molar-refractivity contribution is 5.93. The monoisotopic (exact) mass is 291 g/mol. The van der Waals surface area contributed by atoms with Crippen LogP contribution in [0.4, 0.5) is 0 Å². The first-order valence-electron chi connectivity index (χ1n) is 6.42. The second-order valence-electron chi connectivity index (χ2n) is 4.81. The molecule has 2 N–H and O–H groups in total. The molecule has 0 saturated carbocycles. The van der Waals surface area contributed by atoms with Crippen LogP contribution in [0, 0.1) is 6.92 Å². The van der Waals surface area contributed by atoms with Crippen LogP contribution in [-0.2, 0) is 4.79 Å². The van der Waals surface area contributed by atoms with Crippen molar-refractivity contribution >= 4 is 16.7 Å². The first-order valence-corrected chi connectivity index (χ1v) is 6.42. The maximum Gasteiger partial charge on any atom is 0.310 e. The summed E-state index contributed by atoms with van der Waals surface area (Å²) in [6, 6.07) is 3.38. The highest BCUT2D eigenvalue weighted by Gasteiger charge is 2.22. The summed E-state index contributed by atoms with van der Waals surface area (Å²) in [5.41, 5.74) is 0.462. The minimum Gasteiger partial charge on any atom is -0.493 e. The molecule has 0 spiro atoms. The number of methoxy groups -OCH3 is 2. The van der Waals surface area contributed by atoms with Gasteiger partial charge in [0, 0.05) is 16.6 Å². The number of rotatable bonds is 4. The molecular weight excluding hydrogens is 274 g/mol. The van der Waals surface area contributed by atoms with Gasteiger partial charge in [0.25, 0.3) is 5.56 Å². The lowest BCUT2D eigenvalue weighted by Gasteiger charge is -2.15. The van der Waals surface area contributed by atoms with E-state index in [1.165, 1.54) is 21.1 Å². The Hall–Kier alpha value is -2.50. The minimum absolute atomic E-state index is 0.212. The number of aryl methyl sites for hydroxylation is 1. The van der Waals surface area contributed by atoms with Gasteiger partial charge in [0.15, 0.2) is 11.5 Å². The smallest absolute Gasteiger partial charge is 0.310 e. The molecule has 0 aliphatic rings. The Kier molecular flexibility index (Phi) is 3.88. The third kappa shape index (κ3) is 2.44. The molecule has 0 fully saturated rings. The SMILES string of the molecule is COc1cc2c(C)[nH]c(=O)c(C(C)C(=O)O)c2cc1OC. The van der Waals surface area contributed by atoms with Crippen molar-refractivity contribution in [1.29, 1.82) is 0 Å². The molecule has 21 heavy (non-hydrogen) atoms. The van der Waals surface area contributed by atoms with Gasteiger partial charge in [0.05, 0.1) is 20.1 Å². The molecule has 6 nitrogen and oxygen atoms in total. The summed E-state index contributed by atoms with van der Waals surface area (Å²) in [5.74, 6) is -1.00.